The van der Waals surface area contributed by atoms with Crippen LogP contribution in [-0.4, -0.2) is 18.7 Å². The molecule has 0 heterocycles. The molecule has 0 rings (SSSR count). The van der Waals surface area contributed by atoms with Crippen molar-refractivity contribution in [3.63, 3.8) is 0 Å². The Balaban J connectivity index is 4.03. The summed E-state index contributed by atoms with van der Waals surface area (Å²) in [5.74, 6) is -0.158. The van der Waals surface area contributed by atoms with Gasteiger partial charge in [-0.1, -0.05) is 0 Å². The van der Waals surface area contributed by atoms with Crippen molar-refractivity contribution in [2.45, 2.75) is 32.2 Å². The van der Waals surface area contributed by atoms with E-state index in [1.165, 1.54) is 0 Å². The Morgan fingerprint density at radius 1 is 1.28 bits per heavy atom. The zero-order chi connectivity index (χ0) is 14.3. The van der Waals surface area contributed by atoms with Crippen LogP contribution in [0.5, 0.6) is 0 Å². The SMILES string of the molecule is C=C(C)C(=C)OC(C)C(=O)OC[CH2][Co](=[O])[C](=C)C. The second-order valence-electron chi connectivity index (χ2n) is 3.72. The Hall–Kier alpha value is -1.20. The van der Waals surface area contributed by atoms with E-state index < -0.39 is 25.7 Å². The van der Waals surface area contributed by atoms with E-state index >= 15 is 0 Å². The molecule has 0 amide bonds. The molecule has 0 aromatic heterocycles. The molecular formula is C13H20CoO4. The molecule has 1 unspecified atom stereocenters. The van der Waals surface area contributed by atoms with E-state index in [9.17, 15) is 8.66 Å². The number of allylic oxidation sites excluding steroid dienone is 2. The van der Waals surface area contributed by atoms with E-state index in [1.807, 2.05) is 0 Å². The molecule has 0 N–H and O–H groups in total. The molecule has 4 nitrogen and oxygen atoms in total. The van der Waals surface area contributed by atoms with Crippen LogP contribution in [0.25, 0.3) is 0 Å². The van der Waals surface area contributed by atoms with Crippen LogP contribution in [0.1, 0.15) is 20.8 Å². The third-order valence-electron chi connectivity index (χ3n) is 1.91. The zero-order valence-electron chi connectivity index (χ0n) is 11.1. The van der Waals surface area contributed by atoms with Gasteiger partial charge in [-0.15, -0.1) is 0 Å². The fraction of sp³-hybridized carbons (Fsp3) is 0.462. The molecule has 0 aromatic rings. The van der Waals surface area contributed by atoms with Crippen molar-refractivity contribution in [3.8, 4) is 0 Å². The first-order valence-electron chi connectivity index (χ1n) is 5.35. The van der Waals surface area contributed by atoms with Crippen molar-refractivity contribution in [1.29, 1.82) is 0 Å². The second kappa shape index (κ2) is 8.00. The summed E-state index contributed by atoms with van der Waals surface area (Å²) in [6, 6.07) is 0. The van der Waals surface area contributed by atoms with Gasteiger partial charge in [-0.3, -0.25) is 0 Å². The maximum atomic E-state index is 11.5. The van der Waals surface area contributed by atoms with E-state index in [1.54, 1.807) is 20.8 Å². The summed E-state index contributed by atoms with van der Waals surface area (Å²) in [6.07, 6.45) is -0.753. The molecule has 0 saturated carbocycles. The summed E-state index contributed by atoms with van der Waals surface area (Å²) < 4.78 is 22.1. The van der Waals surface area contributed by atoms with Crippen LogP contribution in [0.4, 0.5) is 0 Å². The van der Waals surface area contributed by atoms with Crippen molar-refractivity contribution >= 4 is 5.97 Å². The van der Waals surface area contributed by atoms with Gasteiger partial charge in [0.1, 0.15) is 0 Å². The normalized spacial score (nSPS) is 12.3. The Morgan fingerprint density at radius 3 is 2.28 bits per heavy atom. The quantitative estimate of drug-likeness (QED) is 0.393. The van der Waals surface area contributed by atoms with Crippen molar-refractivity contribution in [1.82, 2.24) is 0 Å². The van der Waals surface area contributed by atoms with Gasteiger partial charge < -0.3 is 0 Å². The Morgan fingerprint density at radius 2 is 1.83 bits per heavy atom. The van der Waals surface area contributed by atoms with Gasteiger partial charge in [0, 0.05) is 0 Å². The topological polar surface area (TPSA) is 52.6 Å². The predicted octanol–water partition coefficient (Wildman–Crippen LogP) is 2.94. The first-order chi connectivity index (χ1) is 8.25. The molecule has 105 valence electrons. The van der Waals surface area contributed by atoms with Crippen molar-refractivity contribution < 1.29 is 31.7 Å². The van der Waals surface area contributed by atoms with E-state index in [0.717, 1.165) is 0 Å². The molecule has 0 aliphatic carbocycles. The predicted molar refractivity (Wildman–Crippen MR) is 65.8 cm³/mol. The van der Waals surface area contributed by atoms with E-state index in [2.05, 4.69) is 19.7 Å². The first kappa shape index (κ1) is 16.8. The van der Waals surface area contributed by atoms with Crippen LogP contribution in [-0.2, 0) is 31.7 Å². The van der Waals surface area contributed by atoms with Crippen molar-refractivity contribution in [2.75, 3.05) is 6.61 Å². The molecule has 0 saturated heterocycles. The molecule has 1 atom stereocenters. The number of hydrogen-bond acceptors (Lipinski definition) is 4. The summed E-state index contributed by atoms with van der Waals surface area (Å²) in [4.78, 5) is 11.5. The molecule has 5 heteroatoms. The van der Waals surface area contributed by atoms with Crippen LogP contribution >= 0.6 is 0 Å². The third-order valence-corrected chi connectivity index (χ3v) is 3.58. The molecule has 18 heavy (non-hydrogen) atoms. The summed E-state index contributed by atoms with van der Waals surface area (Å²) in [5, 5.41) is 0.280. The van der Waals surface area contributed by atoms with Gasteiger partial charge in [0.15, 0.2) is 0 Å². The second-order valence-corrected chi connectivity index (χ2v) is 6.01. The fourth-order valence-electron chi connectivity index (χ4n) is 0.818. The monoisotopic (exact) mass is 299 g/mol. The maximum absolute atomic E-state index is 11.5. The number of esters is 1. The molecular weight excluding hydrogens is 279 g/mol. The Kier molecular flexibility index (Phi) is 7.46. The van der Waals surface area contributed by atoms with Crippen LogP contribution in [0, 0.1) is 0 Å². The van der Waals surface area contributed by atoms with Gasteiger partial charge >= 0.3 is 112 Å². The van der Waals surface area contributed by atoms with Crippen LogP contribution in [0.2, 0.25) is 5.36 Å². The van der Waals surface area contributed by atoms with Crippen LogP contribution in [0.3, 0.4) is 0 Å². The average molecular weight is 299 g/mol. The molecule has 0 aromatic carbocycles. The number of hydrogen-bond donors (Lipinski definition) is 0. The molecule has 0 fully saturated rings. The summed E-state index contributed by atoms with van der Waals surface area (Å²) in [6.45, 7) is 15.9. The van der Waals surface area contributed by atoms with Crippen molar-refractivity contribution in [3.05, 3.63) is 35.6 Å². The summed E-state index contributed by atoms with van der Waals surface area (Å²) in [5.41, 5.74) is 0.653. The standard InChI is InChI=1S/C10H15O3.C3H5.Co.O/c1-6-12-10(11)9(5)13-8(4)7(2)3;1-3-2;;/h9H,1-2,4,6H2,3,5H3;1H2,2H3;;. The molecule has 0 aliphatic heterocycles. The van der Waals surface area contributed by atoms with Crippen LogP contribution < -0.4 is 0 Å². The van der Waals surface area contributed by atoms with Crippen LogP contribution in [0.15, 0.2) is 35.6 Å². The first-order valence-corrected chi connectivity index (χ1v) is 7.03. The van der Waals surface area contributed by atoms with E-state index in [0.29, 0.717) is 15.8 Å². The molecule has 0 aliphatic rings. The van der Waals surface area contributed by atoms with E-state index in [4.69, 9.17) is 9.47 Å². The molecule has 0 bridgehead atoms. The fourth-order valence-corrected chi connectivity index (χ4v) is 1.56. The van der Waals surface area contributed by atoms with Gasteiger partial charge in [-0.25, -0.2) is 0 Å². The average Bonchev–Trinajstić information content (AvgIpc) is 2.27. The minimum absolute atomic E-state index is 0.0904. The van der Waals surface area contributed by atoms with Gasteiger partial charge in [0.05, 0.1) is 0 Å². The van der Waals surface area contributed by atoms with E-state index in [-0.39, 0.29) is 12.0 Å². The molecule has 0 radical (unpaired) electrons. The number of carbonyl (C=O) groups is 1. The number of rotatable bonds is 8. The number of ether oxygens (including phenoxy) is 2. The Bertz CT molecular complexity index is 384. The minimum atomic E-state index is -1.49. The van der Waals surface area contributed by atoms with Gasteiger partial charge in [0.2, 0.25) is 0 Å². The van der Waals surface area contributed by atoms with Gasteiger partial charge in [-0.2, -0.15) is 0 Å². The van der Waals surface area contributed by atoms with Crippen molar-refractivity contribution in [2.24, 2.45) is 0 Å². The summed E-state index contributed by atoms with van der Waals surface area (Å²) >= 11 is -1.49. The molecule has 0 spiro atoms. The van der Waals surface area contributed by atoms with Gasteiger partial charge in [0.25, 0.3) is 0 Å². The zero-order valence-corrected chi connectivity index (χ0v) is 12.1. The summed E-state index contributed by atoms with van der Waals surface area (Å²) in [7, 11) is 0. The Labute approximate surface area is 112 Å². The number of carbonyl (C=O) groups excluding carboxylic acids is 1. The van der Waals surface area contributed by atoms with Gasteiger partial charge in [-0.05, 0) is 0 Å². The third kappa shape index (κ3) is 6.51.